The summed E-state index contributed by atoms with van der Waals surface area (Å²) < 4.78 is 22.0. The first-order valence-electron chi connectivity index (χ1n) is 9.91. The van der Waals surface area contributed by atoms with Gasteiger partial charge in [0.2, 0.25) is 5.91 Å². The van der Waals surface area contributed by atoms with Gasteiger partial charge in [-0.15, -0.1) is 0 Å². The highest BCUT2D eigenvalue weighted by atomic mass is 32.2. The van der Waals surface area contributed by atoms with Crippen molar-refractivity contribution < 1.29 is 28.2 Å². The molecule has 0 saturated carbocycles. The number of furan rings is 1. The summed E-state index contributed by atoms with van der Waals surface area (Å²) in [6.45, 7) is 1.99. The molecule has 0 bridgehead atoms. The predicted octanol–water partition coefficient (Wildman–Crippen LogP) is 2.43. The number of thioether (sulfide) groups is 1. The van der Waals surface area contributed by atoms with Crippen molar-refractivity contribution in [1.29, 1.82) is 0 Å². The summed E-state index contributed by atoms with van der Waals surface area (Å²) in [6, 6.07) is 8.31. The number of benzene rings is 1. The maximum absolute atomic E-state index is 13.2. The zero-order valence-electron chi connectivity index (χ0n) is 18.3. The van der Waals surface area contributed by atoms with E-state index < -0.39 is 11.5 Å². The number of amides is 1. The fraction of sp³-hybridized carbons (Fsp3) is 0.273. The minimum absolute atomic E-state index is 0.0147. The molecule has 0 radical (unpaired) electrons. The van der Waals surface area contributed by atoms with E-state index in [1.54, 1.807) is 37.3 Å². The molecule has 0 fully saturated rings. The molecule has 174 valence electrons. The number of nitrogens with one attached hydrogen (secondary N) is 1. The first-order valence-corrected chi connectivity index (χ1v) is 10.9. The molecular formula is C22H23N3O7S. The Morgan fingerprint density at radius 3 is 2.64 bits per heavy atom. The smallest absolute Gasteiger partial charge is 0.345 e. The summed E-state index contributed by atoms with van der Waals surface area (Å²) in [5.41, 5.74) is -0.470. The highest BCUT2D eigenvalue weighted by Crippen LogP contribution is 2.30. The summed E-state index contributed by atoms with van der Waals surface area (Å²) in [6.07, 6.45) is 2.67. The number of hydrogen-bond acceptors (Lipinski definition) is 9. The van der Waals surface area contributed by atoms with Gasteiger partial charge in [0.25, 0.3) is 5.56 Å². The largest absolute Gasteiger partial charge is 0.493 e. The third kappa shape index (κ3) is 5.75. The molecule has 1 N–H and O–H groups in total. The van der Waals surface area contributed by atoms with E-state index in [1.807, 2.05) is 0 Å². The zero-order valence-corrected chi connectivity index (χ0v) is 19.1. The molecule has 11 heteroatoms. The van der Waals surface area contributed by atoms with Gasteiger partial charge in [-0.3, -0.25) is 14.2 Å². The lowest BCUT2D eigenvalue weighted by atomic mass is 10.2. The summed E-state index contributed by atoms with van der Waals surface area (Å²) in [5.74, 6) is 0.397. The fourth-order valence-corrected chi connectivity index (χ4v) is 3.67. The Morgan fingerprint density at radius 1 is 1.18 bits per heavy atom. The minimum atomic E-state index is -0.781. The van der Waals surface area contributed by atoms with Gasteiger partial charge in [-0.25, -0.2) is 9.78 Å². The molecule has 0 spiro atoms. The number of carbonyl (C=O) groups is 2. The Bertz CT molecular complexity index is 1180. The number of carbonyl (C=O) groups excluding carboxylic acids is 2. The van der Waals surface area contributed by atoms with Crippen LogP contribution in [0.4, 0.5) is 0 Å². The number of aromatic nitrogens is 2. The molecule has 2 heterocycles. The van der Waals surface area contributed by atoms with E-state index in [1.165, 1.54) is 25.0 Å². The van der Waals surface area contributed by atoms with Crippen LogP contribution in [0.3, 0.4) is 0 Å². The van der Waals surface area contributed by atoms with Gasteiger partial charge in [-0.1, -0.05) is 11.8 Å². The van der Waals surface area contributed by atoms with E-state index in [4.69, 9.17) is 18.6 Å². The second-order valence-electron chi connectivity index (χ2n) is 6.50. The molecule has 0 saturated heterocycles. The van der Waals surface area contributed by atoms with Crippen molar-refractivity contribution in [3.05, 3.63) is 64.5 Å². The van der Waals surface area contributed by atoms with Crippen molar-refractivity contribution in [3.8, 4) is 17.2 Å². The Balaban J connectivity index is 1.92. The van der Waals surface area contributed by atoms with Crippen LogP contribution in [0.15, 0.2) is 57.2 Å². The maximum Gasteiger partial charge on any atom is 0.345 e. The molecule has 0 aliphatic heterocycles. The fourth-order valence-electron chi connectivity index (χ4n) is 2.86. The van der Waals surface area contributed by atoms with Crippen LogP contribution in [0, 0.1) is 0 Å². The van der Waals surface area contributed by atoms with E-state index in [0.717, 1.165) is 18.0 Å². The van der Waals surface area contributed by atoms with Gasteiger partial charge >= 0.3 is 5.97 Å². The van der Waals surface area contributed by atoms with E-state index in [0.29, 0.717) is 22.9 Å². The van der Waals surface area contributed by atoms with Crippen molar-refractivity contribution in [2.75, 3.05) is 26.6 Å². The molecule has 0 aliphatic rings. The Morgan fingerprint density at radius 2 is 1.97 bits per heavy atom. The lowest BCUT2D eigenvalue weighted by molar-refractivity contribution is -0.118. The third-order valence-corrected chi connectivity index (χ3v) is 5.37. The van der Waals surface area contributed by atoms with Crippen LogP contribution >= 0.6 is 11.8 Å². The standard InChI is InChI=1S/C22H23N3O7S/c1-4-31-21(28)16-12-24-22(33-13-19(26)23-11-15-6-5-9-32-15)25(20(16)27)14-7-8-17(29-2)18(10-14)30-3/h5-10,12H,4,11,13H2,1-3H3,(H,23,26). The first kappa shape index (κ1) is 23.9. The second-order valence-corrected chi connectivity index (χ2v) is 7.44. The molecule has 0 atom stereocenters. The van der Waals surface area contributed by atoms with E-state index in [-0.39, 0.29) is 35.5 Å². The van der Waals surface area contributed by atoms with Crippen molar-refractivity contribution in [2.24, 2.45) is 0 Å². The molecule has 33 heavy (non-hydrogen) atoms. The summed E-state index contributed by atoms with van der Waals surface area (Å²) in [5, 5.41) is 2.95. The molecule has 10 nitrogen and oxygen atoms in total. The predicted molar refractivity (Wildman–Crippen MR) is 120 cm³/mol. The lowest BCUT2D eigenvalue weighted by Crippen LogP contribution is -2.29. The second kappa shape index (κ2) is 11.2. The number of rotatable bonds is 10. The van der Waals surface area contributed by atoms with Gasteiger partial charge in [0.05, 0.1) is 51.3 Å². The third-order valence-electron chi connectivity index (χ3n) is 4.42. The number of hydrogen-bond donors (Lipinski definition) is 1. The molecule has 2 aromatic heterocycles. The summed E-state index contributed by atoms with van der Waals surface area (Å²) in [7, 11) is 2.96. The first-order chi connectivity index (χ1) is 16.0. The van der Waals surface area contributed by atoms with Crippen LogP contribution in [0.25, 0.3) is 5.69 Å². The average Bonchev–Trinajstić information content (AvgIpc) is 3.35. The SMILES string of the molecule is CCOC(=O)c1cnc(SCC(=O)NCc2ccco2)n(-c2ccc(OC)c(OC)c2)c1=O. The average molecular weight is 474 g/mol. The normalized spacial score (nSPS) is 10.5. The zero-order chi connectivity index (χ0) is 23.8. The van der Waals surface area contributed by atoms with Crippen molar-refractivity contribution in [2.45, 2.75) is 18.6 Å². The minimum Gasteiger partial charge on any atom is -0.493 e. The summed E-state index contributed by atoms with van der Waals surface area (Å²) >= 11 is 1.04. The van der Waals surface area contributed by atoms with Crippen LogP contribution in [0.1, 0.15) is 23.0 Å². The van der Waals surface area contributed by atoms with Gasteiger partial charge < -0.3 is 23.9 Å². The number of nitrogens with zero attached hydrogens (tertiary/aromatic N) is 2. The summed E-state index contributed by atoms with van der Waals surface area (Å²) in [4.78, 5) is 42.0. The van der Waals surface area contributed by atoms with Gasteiger partial charge in [0, 0.05) is 6.07 Å². The van der Waals surface area contributed by atoms with Gasteiger partial charge in [-0.05, 0) is 31.2 Å². The molecule has 1 aromatic carbocycles. The molecule has 0 unspecified atom stereocenters. The van der Waals surface area contributed by atoms with Gasteiger partial charge in [-0.2, -0.15) is 0 Å². The molecule has 3 aromatic rings. The highest BCUT2D eigenvalue weighted by molar-refractivity contribution is 7.99. The Labute approximate surface area is 193 Å². The van der Waals surface area contributed by atoms with E-state index in [2.05, 4.69) is 10.3 Å². The maximum atomic E-state index is 13.2. The van der Waals surface area contributed by atoms with Crippen LogP contribution in [0.5, 0.6) is 11.5 Å². The van der Waals surface area contributed by atoms with Gasteiger partial charge in [0.15, 0.2) is 16.7 Å². The number of ether oxygens (including phenoxy) is 3. The van der Waals surface area contributed by atoms with Crippen molar-refractivity contribution >= 4 is 23.6 Å². The van der Waals surface area contributed by atoms with Crippen LogP contribution < -0.4 is 20.3 Å². The van der Waals surface area contributed by atoms with Crippen LogP contribution in [-0.2, 0) is 16.1 Å². The quantitative estimate of drug-likeness (QED) is 0.269. The molecule has 1 amide bonds. The van der Waals surface area contributed by atoms with E-state index in [9.17, 15) is 14.4 Å². The molecular weight excluding hydrogens is 450 g/mol. The highest BCUT2D eigenvalue weighted by Gasteiger charge is 2.20. The van der Waals surface area contributed by atoms with E-state index >= 15 is 0 Å². The monoisotopic (exact) mass is 473 g/mol. The molecule has 0 aliphatic carbocycles. The van der Waals surface area contributed by atoms with Crippen molar-refractivity contribution in [1.82, 2.24) is 14.9 Å². The van der Waals surface area contributed by atoms with Gasteiger partial charge in [0.1, 0.15) is 11.3 Å². The topological polar surface area (TPSA) is 122 Å². The number of esters is 1. The Hall–Kier alpha value is -3.73. The van der Waals surface area contributed by atoms with Crippen LogP contribution in [0.2, 0.25) is 0 Å². The van der Waals surface area contributed by atoms with Crippen molar-refractivity contribution in [3.63, 3.8) is 0 Å². The molecule has 3 rings (SSSR count). The van der Waals surface area contributed by atoms with Crippen LogP contribution in [-0.4, -0.2) is 48.0 Å². The lowest BCUT2D eigenvalue weighted by Gasteiger charge is -2.15. The number of methoxy groups -OCH3 is 2. The Kier molecular flexibility index (Phi) is 8.14.